The second-order valence-corrected chi connectivity index (χ2v) is 8.39. The van der Waals surface area contributed by atoms with E-state index < -0.39 is 10.0 Å². The fourth-order valence-corrected chi connectivity index (χ4v) is 4.22. The summed E-state index contributed by atoms with van der Waals surface area (Å²) < 4.78 is 27.5. The molecule has 1 aliphatic rings. The largest absolute Gasteiger partial charge is 0.295 e. The van der Waals surface area contributed by atoms with Crippen molar-refractivity contribution in [2.45, 2.75) is 37.0 Å². The van der Waals surface area contributed by atoms with Gasteiger partial charge < -0.3 is 0 Å². The second-order valence-electron chi connectivity index (χ2n) is 6.62. The van der Waals surface area contributed by atoms with Crippen LogP contribution in [0.15, 0.2) is 59.5 Å². The number of nitrogens with one attached hydrogen (secondary N) is 1. The first-order chi connectivity index (χ1) is 12.0. The van der Waals surface area contributed by atoms with Crippen LogP contribution in [0.3, 0.4) is 0 Å². The number of ketones is 1. The van der Waals surface area contributed by atoms with Crippen molar-refractivity contribution >= 4 is 15.8 Å². The maximum absolute atomic E-state index is 12.4. The van der Waals surface area contributed by atoms with E-state index in [0.717, 1.165) is 6.42 Å². The zero-order valence-corrected chi connectivity index (χ0v) is 15.1. The van der Waals surface area contributed by atoms with Gasteiger partial charge in [0.25, 0.3) is 0 Å². The summed E-state index contributed by atoms with van der Waals surface area (Å²) in [5, 5.41) is 0. The molecule has 0 radical (unpaired) electrons. The van der Waals surface area contributed by atoms with E-state index in [9.17, 15) is 13.2 Å². The average Bonchev–Trinajstić information content (AvgIpc) is 3.44. The lowest BCUT2D eigenvalue weighted by molar-refractivity contribution is 0.101. The molecule has 0 aromatic heterocycles. The number of hydrogen-bond donors (Lipinski definition) is 1. The van der Waals surface area contributed by atoms with Crippen molar-refractivity contribution in [1.29, 1.82) is 0 Å². The molecule has 1 fully saturated rings. The van der Waals surface area contributed by atoms with Crippen molar-refractivity contribution < 1.29 is 13.2 Å². The monoisotopic (exact) mass is 357 g/mol. The molecule has 0 bridgehead atoms. The molecule has 0 aliphatic heterocycles. The molecule has 0 amide bonds. The van der Waals surface area contributed by atoms with Crippen molar-refractivity contribution in [3.8, 4) is 0 Å². The van der Waals surface area contributed by atoms with Gasteiger partial charge in [0.2, 0.25) is 10.0 Å². The maximum atomic E-state index is 12.4. The van der Waals surface area contributed by atoms with Gasteiger partial charge in [-0.15, -0.1) is 0 Å². The summed E-state index contributed by atoms with van der Waals surface area (Å²) in [7, 11) is -3.55. The zero-order chi connectivity index (χ0) is 17.9. The fourth-order valence-electron chi connectivity index (χ4n) is 3.17. The minimum absolute atomic E-state index is 0.0768. The fraction of sp³-hybridized carbons (Fsp3) is 0.350. The van der Waals surface area contributed by atoms with Crippen molar-refractivity contribution in [2.24, 2.45) is 5.92 Å². The van der Waals surface area contributed by atoms with Crippen LogP contribution in [-0.4, -0.2) is 20.7 Å². The van der Waals surface area contributed by atoms with E-state index in [1.54, 1.807) is 12.1 Å². The van der Waals surface area contributed by atoms with Crippen LogP contribution in [-0.2, 0) is 10.0 Å². The Morgan fingerprint density at radius 3 is 2.28 bits per heavy atom. The molecule has 1 N–H and O–H groups in total. The summed E-state index contributed by atoms with van der Waals surface area (Å²) in [5.74, 6) is 0.998. The Morgan fingerprint density at radius 1 is 1.08 bits per heavy atom. The van der Waals surface area contributed by atoms with E-state index in [1.807, 2.05) is 18.2 Å². The molecule has 0 heterocycles. The molecule has 2 aromatic carbocycles. The smallest absolute Gasteiger partial charge is 0.240 e. The Hall–Kier alpha value is -1.98. The van der Waals surface area contributed by atoms with Crippen LogP contribution in [0.4, 0.5) is 0 Å². The Kier molecular flexibility index (Phi) is 5.35. The van der Waals surface area contributed by atoms with Gasteiger partial charge in [0.1, 0.15) is 0 Å². The molecule has 1 atom stereocenters. The van der Waals surface area contributed by atoms with E-state index >= 15 is 0 Å². The minimum atomic E-state index is -3.55. The summed E-state index contributed by atoms with van der Waals surface area (Å²) in [4.78, 5) is 11.5. The lowest BCUT2D eigenvalue weighted by Gasteiger charge is -2.17. The normalized spacial score (nSPS) is 15.7. The summed E-state index contributed by atoms with van der Waals surface area (Å²) in [6.07, 6.45) is 3.23. The molecule has 0 spiro atoms. The first kappa shape index (κ1) is 17.8. The maximum Gasteiger partial charge on any atom is 0.240 e. The van der Waals surface area contributed by atoms with E-state index in [0.29, 0.717) is 23.9 Å². The first-order valence-electron chi connectivity index (χ1n) is 8.63. The molecular weight excluding hydrogens is 334 g/mol. The highest BCUT2D eigenvalue weighted by molar-refractivity contribution is 7.89. The SMILES string of the molecule is CC(=O)c1ccc(S(=O)(=O)NCCC(c2ccccc2)C2CC2)cc1. The number of sulfonamides is 1. The van der Waals surface area contributed by atoms with Gasteiger partial charge in [-0.1, -0.05) is 42.5 Å². The number of Topliss-reactive ketones (excluding diaryl/α,β-unsaturated/α-hetero) is 1. The highest BCUT2D eigenvalue weighted by Crippen LogP contribution is 2.44. The predicted octanol–water partition coefficient (Wildman–Crippen LogP) is 3.75. The Balaban J connectivity index is 1.62. The van der Waals surface area contributed by atoms with E-state index in [1.165, 1.54) is 37.5 Å². The predicted molar refractivity (Wildman–Crippen MR) is 98.2 cm³/mol. The number of rotatable bonds is 8. The van der Waals surface area contributed by atoms with Gasteiger partial charge in [-0.25, -0.2) is 13.1 Å². The van der Waals surface area contributed by atoms with Gasteiger partial charge in [-0.3, -0.25) is 4.79 Å². The molecule has 132 valence electrons. The van der Waals surface area contributed by atoms with Crippen LogP contribution in [0.5, 0.6) is 0 Å². The van der Waals surface area contributed by atoms with Gasteiger partial charge in [0.05, 0.1) is 4.90 Å². The summed E-state index contributed by atoms with van der Waals surface area (Å²) >= 11 is 0. The molecule has 1 unspecified atom stereocenters. The summed E-state index contributed by atoms with van der Waals surface area (Å²) in [5.41, 5.74) is 1.80. The molecule has 0 saturated heterocycles. The van der Waals surface area contributed by atoms with Gasteiger partial charge in [0.15, 0.2) is 5.78 Å². The van der Waals surface area contributed by atoms with Gasteiger partial charge >= 0.3 is 0 Å². The average molecular weight is 357 g/mol. The Bertz CT molecular complexity index is 825. The van der Waals surface area contributed by atoms with Crippen molar-refractivity contribution in [3.63, 3.8) is 0 Å². The molecule has 25 heavy (non-hydrogen) atoms. The topological polar surface area (TPSA) is 63.2 Å². The number of hydrogen-bond acceptors (Lipinski definition) is 3. The van der Waals surface area contributed by atoms with Gasteiger partial charge in [0, 0.05) is 12.1 Å². The van der Waals surface area contributed by atoms with Crippen LogP contribution >= 0.6 is 0 Å². The lowest BCUT2D eigenvalue weighted by atomic mass is 9.91. The van der Waals surface area contributed by atoms with E-state index in [4.69, 9.17) is 0 Å². The van der Waals surface area contributed by atoms with Crippen molar-refractivity contribution in [3.05, 3.63) is 65.7 Å². The molecule has 1 aliphatic carbocycles. The summed E-state index contributed by atoms with van der Waals surface area (Å²) in [6.45, 7) is 1.87. The summed E-state index contributed by atoms with van der Waals surface area (Å²) in [6, 6.07) is 16.4. The Labute approximate surface area is 149 Å². The second kappa shape index (κ2) is 7.50. The van der Waals surface area contributed by atoms with Crippen LogP contribution in [0, 0.1) is 5.92 Å². The highest BCUT2D eigenvalue weighted by Gasteiger charge is 2.32. The molecule has 4 nitrogen and oxygen atoms in total. The first-order valence-corrected chi connectivity index (χ1v) is 10.1. The molecular formula is C20H23NO3S. The number of benzene rings is 2. The van der Waals surface area contributed by atoms with Crippen molar-refractivity contribution in [2.75, 3.05) is 6.54 Å². The van der Waals surface area contributed by atoms with E-state index in [2.05, 4.69) is 16.9 Å². The lowest BCUT2D eigenvalue weighted by Crippen LogP contribution is -2.26. The quantitative estimate of drug-likeness (QED) is 0.732. The van der Waals surface area contributed by atoms with Crippen LogP contribution in [0.25, 0.3) is 0 Å². The third-order valence-corrected chi connectivity index (χ3v) is 6.21. The van der Waals surface area contributed by atoms with Crippen molar-refractivity contribution in [1.82, 2.24) is 4.72 Å². The Morgan fingerprint density at radius 2 is 1.72 bits per heavy atom. The van der Waals surface area contributed by atoms with E-state index in [-0.39, 0.29) is 10.7 Å². The molecule has 3 rings (SSSR count). The third-order valence-electron chi connectivity index (χ3n) is 4.74. The van der Waals surface area contributed by atoms with Crippen LogP contribution in [0.1, 0.15) is 48.0 Å². The van der Waals surface area contributed by atoms with Crippen LogP contribution in [0.2, 0.25) is 0 Å². The standard InChI is InChI=1S/C20H23NO3S/c1-15(22)16-9-11-19(12-10-16)25(23,24)21-14-13-20(18-7-8-18)17-5-3-2-4-6-17/h2-6,9-12,18,20-21H,7-8,13-14H2,1H3. The van der Waals surface area contributed by atoms with Gasteiger partial charge in [-0.05, 0) is 55.7 Å². The van der Waals surface area contributed by atoms with Gasteiger partial charge in [-0.2, -0.15) is 0 Å². The molecule has 2 aromatic rings. The highest BCUT2D eigenvalue weighted by atomic mass is 32.2. The zero-order valence-electron chi connectivity index (χ0n) is 14.3. The minimum Gasteiger partial charge on any atom is -0.295 e. The third kappa shape index (κ3) is 4.55. The molecule has 5 heteroatoms. The molecule has 1 saturated carbocycles. The number of carbonyl (C=O) groups excluding carboxylic acids is 1. The number of carbonyl (C=O) groups is 1. The van der Waals surface area contributed by atoms with Crippen LogP contribution < -0.4 is 4.72 Å².